The number of carbonyl (C=O) groups is 1. The quantitative estimate of drug-likeness (QED) is 0.409. The average Bonchev–Trinajstić information content (AvgIpc) is 2.19. The second kappa shape index (κ2) is 4.76. The molecule has 0 N–H and O–H groups in total. The Morgan fingerprint density at radius 1 is 1.44 bits per heavy atom. The van der Waals surface area contributed by atoms with Crippen molar-refractivity contribution in [1.82, 2.24) is 0 Å². The molecule has 0 saturated carbocycles. The van der Waals surface area contributed by atoms with Crippen molar-refractivity contribution in [1.29, 1.82) is 0 Å². The molecule has 0 aromatic carbocycles. The summed E-state index contributed by atoms with van der Waals surface area (Å²) in [6, 6.07) is 0. The topological polar surface area (TPSA) is 17.1 Å². The van der Waals surface area contributed by atoms with Crippen LogP contribution >= 0.6 is 0 Å². The third-order valence-corrected chi connectivity index (χ3v) is 1.20. The smallest absolute Gasteiger partial charge is 1.00 e. The number of aldehydes is 1. The molecule has 1 aliphatic carbocycles. The second-order valence-corrected chi connectivity index (χ2v) is 1.84. The Morgan fingerprint density at radius 2 is 2.00 bits per heavy atom. The molecule has 9 heavy (non-hydrogen) atoms. The number of allylic oxidation sites excluding steroid dienone is 4. The molecule has 0 unspecified atom stereocenters. The van der Waals surface area contributed by atoms with Crippen molar-refractivity contribution < 1.29 is 7.65 Å². The SMILES string of the molecule is O=CCC1C=CC=C1.[H-].[H-].[Mg+2]. The van der Waals surface area contributed by atoms with Crippen LogP contribution in [0.25, 0.3) is 0 Å². The van der Waals surface area contributed by atoms with Crippen molar-refractivity contribution in [2.24, 2.45) is 5.92 Å². The van der Waals surface area contributed by atoms with E-state index in [4.69, 9.17) is 0 Å². The molecule has 0 bridgehead atoms. The molecule has 46 valence electrons. The van der Waals surface area contributed by atoms with Crippen LogP contribution in [0.4, 0.5) is 0 Å². The number of hydrogen-bond acceptors (Lipinski definition) is 1. The summed E-state index contributed by atoms with van der Waals surface area (Å²) in [6.07, 6.45) is 9.56. The van der Waals surface area contributed by atoms with Gasteiger partial charge in [-0.1, -0.05) is 24.3 Å². The zero-order chi connectivity index (χ0) is 5.82. The first kappa shape index (κ1) is 8.92. The van der Waals surface area contributed by atoms with E-state index in [1.807, 2.05) is 24.3 Å². The fraction of sp³-hybridized carbons (Fsp3) is 0.286. The van der Waals surface area contributed by atoms with Crippen molar-refractivity contribution in [3.8, 4) is 0 Å². The molecular formula is C7H10MgO. The predicted octanol–water partition coefficient (Wildman–Crippen LogP) is 1.16. The van der Waals surface area contributed by atoms with Crippen LogP contribution in [0, 0.1) is 5.92 Å². The molecule has 1 nitrogen and oxygen atoms in total. The van der Waals surface area contributed by atoms with Gasteiger partial charge in [-0.2, -0.15) is 0 Å². The van der Waals surface area contributed by atoms with Crippen molar-refractivity contribution in [2.75, 3.05) is 0 Å². The number of rotatable bonds is 2. The zero-order valence-corrected chi connectivity index (χ0v) is 6.70. The van der Waals surface area contributed by atoms with Crippen LogP contribution in [0.3, 0.4) is 0 Å². The van der Waals surface area contributed by atoms with E-state index >= 15 is 0 Å². The Morgan fingerprint density at radius 3 is 2.44 bits per heavy atom. The van der Waals surface area contributed by atoms with E-state index in [2.05, 4.69) is 0 Å². The summed E-state index contributed by atoms with van der Waals surface area (Å²) in [5.41, 5.74) is 0. The summed E-state index contributed by atoms with van der Waals surface area (Å²) in [5, 5.41) is 0. The average molecular weight is 134 g/mol. The Kier molecular flexibility index (Phi) is 4.72. The molecule has 0 heterocycles. The molecule has 0 spiro atoms. The Labute approximate surface area is 73.9 Å². The van der Waals surface area contributed by atoms with Crippen LogP contribution in [0.5, 0.6) is 0 Å². The predicted molar refractivity (Wildman–Crippen MR) is 40.4 cm³/mol. The molecule has 0 aromatic rings. The first-order chi connectivity index (χ1) is 3.93. The van der Waals surface area contributed by atoms with E-state index < -0.39 is 0 Å². The second-order valence-electron chi connectivity index (χ2n) is 1.84. The van der Waals surface area contributed by atoms with Crippen molar-refractivity contribution >= 4 is 29.3 Å². The summed E-state index contributed by atoms with van der Waals surface area (Å²) < 4.78 is 0. The van der Waals surface area contributed by atoms with Crippen LogP contribution in [0.1, 0.15) is 9.27 Å². The van der Waals surface area contributed by atoms with Gasteiger partial charge in [0.2, 0.25) is 0 Å². The van der Waals surface area contributed by atoms with Gasteiger partial charge in [-0.15, -0.1) is 0 Å². The Hall–Kier alpha value is -0.0838. The van der Waals surface area contributed by atoms with Gasteiger partial charge in [0.1, 0.15) is 6.29 Å². The minimum Gasteiger partial charge on any atom is -1.00 e. The molecule has 0 aliphatic heterocycles. The Bertz CT molecular complexity index is 133. The van der Waals surface area contributed by atoms with Gasteiger partial charge < -0.3 is 7.65 Å². The third-order valence-electron chi connectivity index (χ3n) is 1.20. The summed E-state index contributed by atoms with van der Waals surface area (Å²) in [6.45, 7) is 0. The maximum atomic E-state index is 9.89. The van der Waals surface area contributed by atoms with Crippen LogP contribution in [-0.4, -0.2) is 29.3 Å². The van der Waals surface area contributed by atoms with Gasteiger partial charge in [0.15, 0.2) is 0 Å². The normalized spacial score (nSPS) is 15.6. The fourth-order valence-corrected chi connectivity index (χ4v) is 0.746. The molecule has 0 atom stereocenters. The van der Waals surface area contributed by atoms with E-state index in [1.165, 1.54) is 0 Å². The van der Waals surface area contributed by atoms with Gasteiger partial charge in [0, 0.05) is 12.3 Å². The maximum Gasteiger partial charge on any atom is 2.00 e. The molecule has 0 radical (unpaired) electrons. The van der Waals surface area contributed by atoms with Gasteiger partial charge in [-0.25, -0.2) is 0 Å². The standard InChI is InChI=1S/C7H8O.Mg.2H/c8-6-5-7-3-1-2-4-7;;;/h1-4,6-7H,5H2;;;/q;+2;2*-1. The van der Waals surface area contributed by atoms with Gasteiger partial charge in [-0.05, 0) is 0 Å². The molecule has 1 aliphatic rings. The van der Waals surface area contributed by atoms with Crippen molar-refractivity contribution in [3.05, 3.63) is 24.3 Å². The molecule has 2 heteroatoms. The van der Waals surface area contributed by atoms with Crippen LogP contribution in [-0.2, 0) is 4.79 Å². The molecule has 0 aromatic heterocycles. The van der Waals surface area contributed by atoms with Gasteiger partial charge in [-0.3, -0.25) is 0 Å². The van der Waals surface area contributed by atoms with E-state index in [9.17, 15) is 4.79 Å². The minimum absolute atomic E-state index is 0. The van der Waals surface area contributed by atoms with E-state index in [1.54, 1.807) is 0 Å². The van der Waals surface area contributed by atoms with Crippen molar-refractivity contribution in [2.45, 2.75) is 6.42 Å². The third kappa shape index (κ3) is 2.82. The maximum absolute atomic E-state index is 9.89. The van der Waals surface area contributed by atoms with Crippen LogP contribution in [0.2, 0.25) is 0 Å². The summed E-state index contributed by atoms with van der Waals surface area (Å²) in [4.78, 5) is 9.89. The first-order valence-corrected chi connectivity index (χ1v) is 2.72. The van der Waals surface area contributed by atoms with Crippen molar-refractivity contribution in [3.63, 3.8) is 0 Å². The fourth-order valence-electron chi connectivity index (χ4n) is 0.746. The number of carbonyl (C=O) groups excluding carboxylic acids is 1. The monoisotopic (exact) mass is 134 g/mol. The summed E-state index contributed by atoms with van der Waals surface area (Å²) >= 11 is 0. The summed E-state index contributed by atoms with van der Waals surface area (Å²) in [5.74, 6) is 0.382. The number of hydrogen-bond donors (Lipinski definition) is 0. The first-order valence-electron chi connectivity index (χ1n) is 2.72. The largest absolute Gasteiger partial charge is 2.00 e. The van der Waals surface area contributed by atoms with Crippen LogP contribution in [0.15, 0.2) is 24.3 Å². The van der Waals surface area contributed by atoms with E-state index in [-0.39, 0.29) is 25.9 Å². The van der Waals surface area contributed by atoms with Crippen LogP contribution < -0.4 is 0 Å². The van der Waals surface area contributed by atoms with Gasteiger partial charge in [0.05, 0.1) is 0 Å². The van der Waals surface area contributed by atoms with E-state index in [0.29, 0.717) is 12.3 Å². The summed E-state index contributed by atoms with van der Waals surface area (Å²) in [7, 11) is 0. The van der Waals surface area contributed by atoms with Gasteiger partial charge in [0.25, 0.3) is 0 Å². The molecule has 0 fully saturated rings. The molecule has 1 rings (SSSR count). The van der Waals surface area contributed by atoms with Gasteiger partial charge >= 0.3 is 23.1 Å². The zero-order valence-electron chi connectivity index (χ0n) is 7.29. The Balaban J connectivity index is -0.000000213. The molecule has 0 saturated heterocycles. The van der Waals surface area contributed by atoms with E-state index in [0.717, 1.165) is 6.29 Å². The molecular weight excluding hydrogens is 124 g/mol. The minimum atomic E-state index is 0. The molecule has 0 amide bonds.